The van der Waals surface area contributed by atoms with E-state index in [9.17, 15) is 9.90 Å². The number of rotatable bonds is 6. The van der Waals surface area contributed by atoms with Gasteiger partial charge in [0.1, 0.15) is 0 Å². The van der Waals surface area contributed by atoms with Crippen molar-refractivity contribution in [3.8, 4) is 0 Å². The van der Waals surface area contributed by atoms with Crippen LogP contribution in [-0.2, 0) is 6.54 Å². The van der Waals surface area contributed by atoms with Crippen LogP contribution in [0.4, 0.5) is 0 Å². The summed E-state index contributed by atoms with van der Waals surface area (Å²) in [6.45, 7) is 6.77. The quantitative estimate of drug-likeness (QED) is 0.858. The lowest BCUT2D eigenvalue weighted by atomic mass is 10.2. The average Bonchev–Trinajstić information content (AvgIpc) is 2.76. The first-order chi connectivity index (χ1) is 10.5. The lowest BCUT2D eigenvalue weighted by Gasteiger charge is -2.10. The molecule has 2 rings (SSSR count). The number of carbonyl (C=O) groups is 1. The molecular weight excluding hydrogens is 278 g/mol. The summed E-state index contributed by atoms with van der Waals surface area (Å²) in [7, 11) is 0. The van der Waals surface area contributed by atoms with Crippen molar-refractivity contribution in [1.29, 1.82) is 0 Å². The zero-order valence-corrected chi connectivity index (χ0v) is 13.3. The Morgan fingerprint density at radius 1 is 1.41 bits per heavy atom. The van der Waals surface area contributed by atoms with Crippen molar-refractivity contribution in [2.45, 2.75) is 39.8 Å². The number of carbonyl (C=O) groups excluding carboxylic acids is 1. The van der Waals surface area contributed by atoms with Crippen molar-refractivity contribution in [3.05, 3.63) is 53.1 Å². The van der Waals surface area contributed by atoms with Gasteiger partial charge in [-0.3, -0.25) is 9.78 Å². The van der Waals surface area contributed by atoms with Crippen molar-refractivity contribution in [3.63, 3.8) is 0 Å². The maximum atomic E-state index is 12.2. The average molecular weight is 301 g/mol. The van der Waals surface area contributed by atoms with Crippen LogP contribution >= 0.6 is 0 Å². The van der Waals surface area contributed by atoms with E-state index in [1.807, 2.05) is 38.1 Å². The van der Waals surface area contributed by atoms with Gasteiger partial charge in [-0.1, -0.05) is 6.07 Å². The molecule has 0 fully saturated rings. The summed E-state index contributed by atoms with van der Waals surface area (Å²) < 4.78 is 2.09. The topological polar surface area (TPSA) is 67.2 Å². The van der Waals surface area contributed by atoms with Crippen LogP contribution in [0.15, 0.2) is 30.5 Å². The van der Waals surface area contributed by atoms with Crippen LogP contribution in [0, 0.1) is 13.8 Å². The summed E-state index contributed by atoms with van der Waals surface area (Å²) in [5.74, 6) is -0.0963. The van der Waals surface area contributed by atoms with E-state index in [1.54, 1.807) is 13.1 Å². The molecule has 118 valence electrons. The van der Waals surface area contributed by atoms with Crippen LogP contribution in [0.1, 0.15) is 40.8 Å². The van der Waals surface area contributed by atoms with Crippen molar-refractivity contribution < 1.29 is 9.90 Å². The summed E-state index contributed by atoms with van der Waals surface area (Å²) >= 11 is 0. The van der Waals surface area contributed by atoms with Crippen molar-refractivity contribution in [1.82, 2.24) is 14.9 Å². The van der Waals surface area contributed by atoms with Crippen LogP contribution in [0.3, 0.4) is 0 Å². The SMILES string of the molecule is Cc1cc(C(=O)NCCC(C)O)c(C)n1Cc1ccccn1. The van der Waals surface area contributed by atoms with Crippen molar-refractivity contribution >= 4 is 5.91 Å². The molecule has 2 heterocycles. The zero-order chi connectivity index (χ0) is 16.1. The molecular formula is C17H23N3O2. The van der Waals surface area contributed by atoms with Gasteiger partial charge in [0.2, 0.25) is 0 Å². The third-order valence-corrected chi connectivity index (χ3v) is 3.71. The molecule has 0 saturated heterocycles. The first-order valence-corrected chi connectivity index (χ1v) is 7.52. The highest BCUT2D eigenvalue weighted by atomic mass is 16.3. The number of aliphatic hydroxyl groups is 1. The molecule has 0 radical (unpaired) electrons. The number of nitrogens with one attached hydrogen (secondary N) is 1. The van der Waals surface area contributed by atoms with Gasteiger partial charge in [0, 0.05) is 24.1 Å². The molecule has 0 aromatic carbocycles. The molecule has 0 spiro atoms. The maximum absolute atomic E-state index is 12.2. The number of aliphatic hydroxyl groups excluding tert-OH is 1. The number of hydrogen-bond donors (Lipinski definition) is 2. The lowest BCUT2D eigenvalue weighted by Crippen LogP contribution is -2.26. The number of amides is 1. The van der Waals surface area contributed by atoms with Gasteiger partial charge < -0.3 is 15.0 Å². The molecule has 0 aliphatic rings. The lowest BCUT2D eigenvalue weighted by molar-refractivity contribution is 0.0945. The molecule has 0 aliphatic heterocycles. The molecule has 2 N–H and O–H groups in total. The molecule has 0 bridgehead atoms. The minimum atomic E-state index is -0.406. The Hall–Kier alpha value is -2.14. The van der Waals surface area contributed by atoms with E-state index >= 15 is 0 Å². The number of pyridine rings is 1. The van der Waals surface area contributed by atoms with Gasteiger partial charge in [-0.25, -0.2) is 0 Å². The van der Waals surface area contributed by atoms with Gasteiger partial charge in [-0.05, 0) is 45.4 Å². The Balaban J connectivity index is 2.11. The monoisotopic (exact) mass is 301 g/mol. The molecule has 5 nitrogen and oxygen atoms in total. The number of nitrogens with zero attached hydrogens (tertiary/aromatic N) is 2. The number of aromatic nitrogens is 2. The Bertz CT molecular complexity index is 633. The number of hydrogen-bond acceptors (Lipinski definition) is 3. The second-order valence-electron chi connectivity index (χ2n) is 5.59. The van der Waals surface area contributed by atoms with E-state index in [0.717, 1.165) is 17.1 Å². The van der Waals surface area contributed by atoms with Gasteiger partial charge in [0.25, 0.3) is 5.91 Å². The molecule has 5 heteroatoms. The summed E-state index contributed by atoms with van der Waals surface area (Å²) in [4.78, 5) is 16.6. The smallest absolute Gasteiger partial charge is 0.253 e. The standard InChI is InChI=1S/C17H23N3O2/c1-12-10-16(17(22)19-9-7-13(2)21)14(3)20(12)11-15-6-4-5-8-18-15/h4-6,8,10,13,21H,7,9,11H2,1-3H3,(H,19,22). The molecule has 0 saturated carbocycles. The van der Waals surface area contributed by atoms with E-state index in [2.05, 4.69) is 14.9 Å². The van der Waals surface area contributed by atoms with E-state index in [4.69, 9.17) is 0 Å². The first kappa shape index (κ1) is 16.2. The first-order valence-electron chi connectivity index (χ1n) is 7.52. The normalized spacial score (nSPS) is 12.2. The Morgan fingerprint density at radius 3 is 2.82 bits per heavy atom. The second-order valence-corrected chi connectivity index (χ2v) is 5.59. The summed E-state index contributed by atoms with van der Waals surface area (Å²) in [5, 5.41) is 12.1. The molecule has 1 amide bonds. The van der Waals surface area contributed by atoms with E-state index < -0.39 is 6.10 Å². The van der Waals surface area contributed by atoms with Crippen molar-refractivity contribution in [2.75, 3.05) is 6.54 Å². The minimum Gasteiger partial charge on any atom is -0.393 e. The van der Waals surface area contributed by atoms with Crippen LogP contribution in [0.2, 0.25) is 0 Å². The fraction of sp³-hybridized carbons (Fsp3) is 0.412. The fourth-order valence-corrected chi connectivity index (χ4v) is 2.42. The second kappa shape index (κ2) is 7.22. The highest BCUT2D eigenvalue weighted by Crippen LogP contribution is 2.16. The third kappa shape index (κ3) is 3.95. The Kier molecular flexibility index (Phi) is 5.33. The summed E-state index contributed by atoms with van der Waals surface area (Å²) in [6, 6.07) is 7.72. The predicted octanol–water partition coefficient (Wildman–Crippen LogP) is 2.05. The van der Waals surface area contributed by atoms with Gasteiger partial charge in [0.15, 0.2) is 0 Å². The van der Waals surface area contributed by atoms with Gasteiger partial charge in [-0.15, -0.1) is 0 Å². The summed E-state index contributed by atoms with van der Waals surface area (Å²) in [5.41, 5.74) is 3.60. The van der Waals surface area contributed by atoms with E-state index in [0.29, 0.717) is 25.1 Å². The van der Waals surface area contributed by atoms with Gasteiger partial charge in [0.05, 0.1) is 23.9 Å². The highest BCUT2D eigenvalue weighted by molar-refractivity contribution is 5.95. The zero-order valence-electron chi connectivity index (χ0n) is 13.3. The van der Waals surface area contributed by atoms with E-state index in [-0.39, 0.29) is 5.91 Å². The maximum Gasteiger partial charge on any atom is 0.253 e. The van der Waals surface area contributed by atoms with Crippen LogP contribution < -0.4 is 5.32 Å². The molecule has 2 aromatic heterocycles. The van der Waals surface area contributed by atoms with E-state index in [1.165, 1.54) is 0 Å². The minimum absolute atomic E-state index is 0.0963. The molecule has 0 aliphatic carbocycles. The van der Waals surface area contributed by atoms with Crippen LogP contribution in [-0.4, -0.2) is 33.2 Å². The van der Waals surface area contributed by atoms with Gasteiger partial charge in [-0.2, -0.15) is 0 Å². The molecule has 22 heavy (non-hydrogen) atoms. The largest absolute Gasteiger partial charge is 0.393 e. The van der Waals surface area contributed by atoms with Crippen LogP contribution in [0.25, 0.3) is 0 Å². The summed E-state index contributed by atoms with van der Waals surface area (Å²) in [6.07, 6.45) is 1.92. The Labute approximate surface area is 131 Å². The Morgan fingerprint density at radius 2 is 2.18 bits per heavy atom. The third-order valence-electron chi connectivity index (χ3n) is 3.71. The predicted molar refractivity (Wildman–Crippen MR) is 85.9 cm³/mol. The molecule has 1 unspecified atom stereocenters. The highest BCUT2D eigenvalue weighted by Gasteiger charge is 2.15. The fourth-order valence-electron chi connectivity index (χ4n) is 2.42. The van der Waals surface area contributed by atoms with Gasteiger partial charge >= 0.3 is 0 Å². The van der Waals surface area contributed by atoms with Crippen LogP contribution in [0.5, 0.6) is 0 Å². The molecule has 2 aromatic rings. The number of aryl methyl sites for hydroxylation is 1. The van der Waals surface area contributed by atoms with Crippen molar-refractivity contribution in [2.24, 2.45) is 0 Å². The molecule has 1 atom stereocenters.